The van der Waals surface area contributed by atoms with E-state index >= 15 is 0 Å². The minimum absolute atomic E-state index is 0.0271. The molecule has 0 bridgehead atoms. The Bertz CT molecular complexity index is 434. The number of aryl methyl sites for hydroxylation is 1. The number of tetrazole rings is 1. The summed E-state index contributed by atoms with van der Waals surface area (Å²) in [6.07, 6.45) is 0.213. The van der Waals surface area contributed by atoms with Gasteiger partial charge in [0.25, 0.3) is 0 Å². The second-order valence-corrected chi connectivity index (χ2v) is 3.59. The maximum Gasteiger partial charge on any atom is 0.182 e. The molecule has 0 aromatic carbocycles. The van der Waals surface area contributed by atoms with Gasteiger partial charge in [-0.05, 0) is 16.7 Å². The van der Waals surface area contributed by atoms with Crippen LogP contribution in [0.25, 0.3) is 0 Å². The van der Waals surface area contributed by atoms with Crippen molar-refractivity contribution in [2.75, 3.05) is 0 Å². The Hall–Kier alpha value is -1.56. The third-order valence-electron chi connectivity index (χ3n) is 1.71. The van der Waals surface area contributed by atoms with Crippen LogP contribution in [0.2, 0.25) is 0 Å². The average Bonchev–Trinajstić information content (AvgIpc) is 2.75. The molecule has 2 aromatic rings. The molecule has 0 spiro atoms. The Labute approximate surface area is 84.4 Å². The van der Waals surface area contributed by atoms with Crippen LogP contribution in [0, 0.1) is 0 Å². The smallest absolute Gasteiger partial charge is 0.182 e. The lowest BCUT2D eigenvalue weighted by Crippen LogP contribution is -2.04. The fraction of sp³-hybridized carbons (Fsp3) is 0.250. The summed E-state index contributed by atoms with van der Waals surface area (Å²) < 4.78 is 0. The molecule has 2 heterocycles. The molecule has 0 saturated carbocycles. The van der Waals surface area contributed by atoms with E-state index in [9.17, 15) is 4.79 Å². The van der Waals surface area contributed by atoms with Gasteiger partial charge in [-0.3, -0.25) is 4.79 Å². The molecule has 0 N–H and O–H groups in total. The standard InChI is InChI=1S/C8H8N4OS/c1-12-10-8(9-11-12)4-7(13)6-2-3-14-5-6/h2-3,5H,4H2,1H3. The molecule has 14 heavy (non-hydrogen) atoms. The van der Waals surface area contributed by atoms with Crippen LogP contribution in [0.15, 0.2) is 16.8 Å². The molecule has 0 aliphatic heterocycles. The predicted octanol–water partition coefficient (Wildman–Crippen LogP) is 0.697. The molecular weight excluding hydrogens is 200 g/mol. The third-order valence-corrected chi connectivity index (χ3v) is 2.39. The van der Waals surface area contributed by atoms with E-state index in [2.05, 4.69) is 15.4 Å². The molecule has 2 rings (SSSR count). The van der Waals surface area contributed by atoms with Gasteiger partial charge in [0.15, 0.2) is 11.6 Å². The SMILES string of the molecule is Cn1nnc(CC(=O)c2ccsc2)n1. The number of hydrogen-bond donors (Lipinski definition) is 0. The first-order valence-electron chi connectivity index (χ1n) is 4.04. The molecule has 0 fully saturated rings. The first-order valence-corrected chi connectivity index (χ1v) is 4.98. The van der Waals surface area contributed by atoms with Crippen molar-refractivity contribution in [3.8, 4) is 0 Å². The zero-order chi connectivity index (χ0) is 9.97. The molecule has 6 heteroatoms. The van der Waals surface area contributed by atoms with Crippen molar-refractivity contribution < 1.29 is 4.79 Å². The summed E-state index contributed by atoms with van der Waals surface area (Å²) in [5, 5.41) is 15.0. The van der Waals surface area contributed by atoms with Crippen molar-refractivity contribution in [2.24, 2.45) is 7.05 Å². The molecule has 2 aromatic heterocycles. The molecule has 0 aliphatic carbocycles. The van der Waals surface area contributed by atoms with E-state index in [0.29, 0.717) is 11.4 Å². The molecule has 0 radical (unpaired) electrons. The van der Waals surface area contributed by atoms with Gasteiger partial charge in [-0.2, -0.15) is 16.1 Å². The van der Waals surface area contributed by atoms with E-state index in [1.165, 1.54) is 16.1 Å². The Morgan fingerprint density at radius 1 is 1.64 bits per heavy atom. The maximum absolute atomic E-state index is 11.6. The molecule has 0 saturated heterocycles. The number of thiophene rings is 1. The van der Waals surface area contributed by atoms with Crippen molar-refractivity contribution >= 4 is 17.1 Å². The van der Waals surface area contributed by atoms with Crippen molar-refractivity contribution in [3.63, 3.8) is 0 Å². The van der Waals surface area contributed by atoms with Gasteiger partial charge in [0.2, 0.25) is 0 Å². The lowest BCUT2D eigenvalue weighted by atomic mass is 10.1. The van der Waals surface area contributed by atoms with Gasteiger partial charge in [0, 0.05) is 10.9 Å². The van der Waals surface area contributed by atoms with Crippen LogP contribution in [0.4, 0.5) is 0 Å². The summed E-state index contributed by atoms with van der Waals surface area (Å²) in [6, 6.07) is 1.80. The zero-order valence-electron chi connectivity index (χ0n) is 7.54. The number of hydrogen-bond acceptors (Lipinski definition) is 5. The highest BCUT2D eigenvalue weighted by molar-refractivity contribution is 7.08. The van der Waals surface area contributed by atoms with Gasteiger partial charge in [-0.1, -0.05) is 0 Å². The van der Waals surface area contributed by atoms with Gasteiger partial charge >= 0.3 is 0 Å². The minimum atomic E-state index is 0.0271. The first-order chi connectivity index (χ1) is 6.75. The van der Waals surface area contributed by atoms with Crippen molar-refractivity contribution in [1.29, 1.82) is 0 Å². The zero-order valence-corrected chi connectivity index (χ0v) is 8.36. The predicted molar refractivity (Wildman–Crippen MR) is 51.2 cm³/mol. The fourth-order valence-electron chi connectivity index (χ4n) is 1.06. The highest BCUT2D eigenvalue weighted by atomic mass is 32.1. The van der Waals surface area contributed by atoms with Gasteiger partial charge in [0.1, 0.15) is 0 Å². The summed E-state index contributed by atoms with van der Waals surface area (Å²) in [5.74, 6) is 0.489. The van der Waals surface area contributed by atoms with E-state index in [0.717, 1.165) is 0 Å². The number of carbonyl (C=O) groups excluding carboxylic acids is 1. The lowest BCUT2D eigenvalue weighted by molar-refractivity contribution is 0.0991. The monoisotopic (exact) mass is 208 g/mol. The van der Waals surface area contributed by atoms with Crippen LogP contribution in [0.5, 0.6) is 0 Å². The van der Waals surface area contributed by atoms with E-state index in [1.54, 1.807) is 13.1 Å². The highest BCUT2D eigenvalue weighted by Gasteiger charge is 2.10. The summed E-state index contributed by atoms with van der Waals surface area (Å²) in [6.45, 7) is 0. The van der Waals surface area contributed by atoms with Crippen molar-refractivity contribution in [1.82, 2.24) is 20.2 Å². The number of rotatable bonds is 3. The Morgan fingerprint density at radius 3 is 3.07 bits per heavy atom. The van der Waals surface area contributed by atoms with Crippen LogP contribution < -0.4 is 0 Å². The van der Waals surface area contributed by atoms with Crippen molar-refractivity contribution in [2.45, 2.75) is 6.42 Å². The van der Waals surface area contributed by atoms with Crippen LogP contribution >= 0.6 is 11.3 Å². The normalized spacial score (nSPS) is 10.4. The second kappa shape index (κ2) is 3.67. The van der Waals surface area contributed by atoms with Crippen LogP contribution in [-0.4, -0.2) is 26.0 Å². The highest BCUT2D eigenvalue weighted by Crippen LogP contribution is 2.08. The summed E-state index contributed by atoms with van der Waals surface area (Å²) in [7, 11) is 1.67. The molecule has 5 nitrogen and oxygen atoms in total. The van der Waals surface area contributed by atoms with E-state index in [-0.39, 0.29) is 12.2 Å². The fourth-order valence-corrected chi connectivity index (χ4v) is 1.72. The second-order valence-electron chi connectivity index (χ2n) is 2.81. The number of Topliss-reactive ketones (excluding diaryl/α,β-unsaturated/α-hetero) is 1. The minimum Gasteiger partial charge on any atom is -0.294 e. The lowest BCUT2D eigenvalue weighted by Gasteiger charge is -1.91. The quantitative estimate of drug-likeness (QED) is 0.696. The molecular formula is C8H8N4OS. The maximum atomic E-state index is 11.6. The average molecular weight is 208 g/mol. The van der Waals surface area contributed by atoms with Crippen molar-refractivity contribution in [3.05, 3.63) is 28.2 Å². The number of aromatic nitrogens is 4. The largest absolute Gasteiger partial charge is 0.294 e. The Kier molecular flexibility index (Phi) is 2.36. The van der Waals surface area contributed by atoms with Gasteiger partial charge < -0.3 is 0 Å². The van der Waals surface area contributed by atoms with Gasteiger partial charge in [-0.25, -0.2) is 0 Å². The van der Waals surface area contributed by atoms with E-state index in [4.69, 9.17) is 0 Å². The van der Waals surface area contributed by atoms with Crippen LogP contribution in [-0.2, 0) is 13.5 Å². The summed E-state index contributed by atoms with van der Waals surface area (Å²) in [4.78, 5) is 12.9. The first kappa shape index (κ1) is 9.01. The number of ketones is 1. The Morgan fingerprint density at radius 2 is 2.50 bits per heavy atom. The number of carbonyl (C=O) groups is 1. The molecule has 72 valence electrons. The summed E-state index contributed by atoms with van der Waals surface area (Å²) in [5.41, 5.74) is 0.711. The molecule has 0 atom stereocenters. The van der Waals surface area contributed by atoms with E-state index in [1.807, 2.05) is 10.8 Å². The molecule has 0 unspecified atom stereocenters. The topological polar surface area (TPSA) is 60.7 Å². The van der Waals surface area contributed by atoms with Gasteiger partial charge in [0.05, 0.1) is 13.5 Å². The Balaban J connectivity index is 2.09. The van der Waals surface area contributed by atoms with Crippen LogP contribution in [0.1, 0.15) is 16.2 Å². The molecule has 0 amide bonds. The summed E-state index contributed by atoms with van der Waals surface area (Å²) >= 11 is 1.50. The van der Waals surface area contributed by atoms with Gasteiger partial charge in [-0.15, -0.1) is 10.2 Å². The number of nitrogens with zero attached hydrogens (tertiary/aromatic N) is 4. The van der Waals surface area contributed by atoms with Crippen LogP contribution in [0.3, 0.4) is 0 Å². The third kappa shape index (κ3) is 1.85. The molecule has 0 aliphatic rings. The van der Waals surface area contributed by atoms with E-state index < -0.39 is 0 Å².